The van der Waals surface area contributed by atoms with Gasteiger partial charge in [-0.25, -0.2) is 0 Å². The largest absolute Gasteiger partial charge is 0.313 e. The molecular formula is C16H26N2. The molecule has 1 N–H and O–H groups in total. The standard InChI is InChI=1S/C16H26N2/c1-14(2)8-10-17-16-9-11-18(13-16)12-15-6-4-3-5-7-15/h3-7,14,16-17H,8-13H2,1-2H3/t16-/m0/s1. The third-order valence-corrected chi connectivity index (χ3v) is 3.68. The topological polar surface area (TPSA) is 15.3 Å². The molecular weight excluding hydrogens is 220 g/mol. The molecule has 100 valence electrons. The molecule has 2 rings (SSSR count). The minimum Gasteiger partial charge on any atom is -0.313 e. The van der Waals surface area contributed by atoms with Crippen LogP contribution in [0.3, 0.4) is 0 Å². The summed E-state index contributed by atoms with van der Waals surface area (Å²) in [4.78, 5) is 2.56. The van der Waals surface area contributed by atoms with Gasteiger partial charge in [-0.1, -0.05) is 44.2 Å². The average molecular weight is 246 g/mol. The molecule has 18 heavy (non-hydrogen) atoms. The molecule has 1 aromatic carbocycles. The zero-order valence-corrected chi connectivity index (χ0v) is 11.7. The van der Waals surface area contributed by atoms with E-state index in [-0.39, 0.29) is 0 Å². The maximum Gasteiger partial charge on any atom is 0.0234 e. The van der Waals surface area contributed by atoms with Crippen molar-refractivity contribution in [2.45, 2.75) is 39.3 Å². The summed E-state index contributed by atoms with van der Waals surface area (Å²) in [5, 5.41) is 3.69. The van der Waals surface area contributed by atoms with E-state index in [1.807, 2.05) is 0 Å². The number of nitrogens with zero attached hydrogens (tertiary/aromatic N) is 1. The molecule has 1 saturated heterocycles. The van der Waals surface area contributed by atoms with Crippen LogP contribution in [0.2, 0.25) is 0 Å². The Morgan fingerprint density at radius 1 is 1.28 bits per heavy atom. The van der Waals surface area contributed by atoms with Crippen LogP contribution in [-0.4, -0.2) is 30.6 Å². The highest BCUT2D eigenvalue weighted by molar-refractivity contribution is 5.14. The molecule has 0 aliphatic carbocycles. The van der Waals surface area contributed by atoms with Crippen LogP contribution in [-0.2, 0) is 6.54 Å². The molecule has 1 aliphatic rings. The minimum atomic E-state index is 0.701. The van der Waals surface area contributed by atoms with E-state index in [9.17, 15) is 0 Å². The molecule has 0 radical (unpaired) electrons. The van der Waals surface area contributed by atoms with Crippen molar-refractivity contribution in [3.05, 3.63) is 35.9 Å². The highest BCUT2D eigenvalue weighted by Crippen LogP contribution is 2.13. The Balaban J connectivity index is 1.69. The summed E-state index contributed by atoms with van der Waals surface area (Å²) in [6, 6.07) is 11.5. The monoisotopic (exact) mass is 246 g/mol. The van der Waals surface area contributed by atoms with Crippen molar-refractivity contribution >= 4 is 0 Å². The maximum absolute atomic E-state index is 3.69. The first kappa shape index (κ1) is 13.6. The zero-order valence-electron chi connectivity index (χ0n) is 11.7. The number of benzene rings is 1. The Hall–Kier alpha value is -0.860. The lowest BCUT2D eigenvalue weighted by Gasteiger charge is -2.17. The normalized spacial score (nSPS) is 20.7. The Morgan fingerprint density at radius 3 is 2.78 bits per heavy atom. The van der Waals surface area contributed by atoms with Crippen LogP contribution < -0.4 is 5.32 Å². The number of nitrogens with one attached hydrogen (secondary N) is 1. The molecule has 1 aliphatic heterocycles. The molecule has 1 atom stereocenters. The lowest BCUT2D eigenvalue weighted by Crippen LogP contribution is -2.33. The third-order valence-electron chi connectivity index (χ3n) is 3.68. The molecule has 0 spiro atoms. The Labute approximate surface area is 111 Å². The van der Waals surface area contributed by atoms with Crippen molar-refractivity contribution < 1.29 is 0 Å². The smallest absolute Gasteiger partial charge is 0.0234 e. The SMILES string of the molecule is CC(C)CCN[C@H]1CCN(Cc2ccccc2)C1. The molecule has 0 aromatic heterocycles. The maximum atomic E-state index is 3.69. The first-order chi connectivity index (χ1) is 8.74. The van der Waals surface area contributed by atoms with E-state index < -0.39 is 0 Å². The molecule has 0 bridgehead atoms. The van der Waals surface area contributed by atoms with E-state index in [0.717, 1.165) is 12.5 Å². The Kier molecular flexibility index (Phi) is 5.21. The highest BCUT2D eigenvalue weighted by atomic mass is 15.2. The molecule has 0 saturated carbocycles. The lowest BCUT2D eigenvalue weighted by atomic mass is 10.1. The molecule has 0 unspecified atom stereocenters. The average Bonchev–Trinajstić information content (AvgIpc) is 2.78. The van der Waals surface area contributed by atoms with Crippen LogP contribution >= 0.6 is 0 Å². The van der Waals surface area contributed by atoms with Gasteiger partial charge in [0.2, 0.25) is 0 Å². The van der Waals surface area contributed by atoms with Gasteiger partial charge in [0, 0.05) is 25.7 Å². The van der Waals surface area contributed by atoms with Crippen LogP contribution in [0.4, 0.5) is 0 Å². The fourth-order valence-electron chi connectivity index (χ4n) is 2.56. The van der Waals surface area contributed by atoms with Gasteiger partial charge in [-0.2, -0.15) is 0 Å². The second kappa shape index (κ2) is 6.91. The van der Waals surface area contributed by atoms with E-state index in [4.69, 9.17) is 0 Å². The zero-order chi connectivity index (χ0) is 12.8. The minimum absolute atomic E-state index is 0.701. The fraction of sp³-hybridized carbons (Fsp3) is 0.625. The van der Waals surface area contributed by atoms with Gasteiger partial charge in [0.1, 0.15) is 0 Å². The molecule has 1 fully saturated rings. The van der Waals surface area contributed by atoms with Crippen molar-refractivity contribution in [3.8, 4) is 0 Å². The van der Waals surface area contributed by atoms with Crippen molar-refractivity contribution in [1.29, 1.82) is 0 Å². The first-order valence-electron chi connectivity index (χ1n) is 7.23. The summed E-state index contributed by atoms with van der Waals surface area (Å²) in [5.74, 6) is 0.805. The quantitative estimate of drug-likeness (QED) is 0.830. The van der Waals surface area contributed by atoms with Gasteiger partial charge in [-0.05, 0) is 30.9 Å². The van der Waals surface area contributed by atoms with Crippen molar-refractivity contribution in [3.63, 3.8) is 0 Å². The van der Waals surface area contributed by atoms with Gasteiger partial charge < -0.3 is 5.32 Å². The van der Waals surface area contributed by atoms with E-state index >= 15 is 0 Å². The summed E-state index contributed by atoms with van der Waals surface area (Å²) < 4.78 is 0. The van der Waals surface area contributed by atoms with Crippen LogP contribution in [0, 0.1) is 5.92 Å². The van der Waals surface area contributed by atoms with E-state index in [1.54, 1.807) is 0 Å². The van der Waals surface area contributed by atoms with Crippen molar-refractivity contribution in [2.75, 3.05) is 19.6 Å². The summed E-state index contributed by atoms with van der Waals surface area (Å²) in [7, 11) is 0. The Morgan fingerprint density at radius 2 is 2.06 bits per heavy atom. The molecule has 0 amide bonds. The van der Waals surface area contributed by atoms with E-state index in [1.165, 1.54) is 38.0 Å². The lowest BCUT2D eigenvalue weighted by molar-refractivity contribution is 0.319. The van der Waals surface area contributed by atoms with Crippen molar-refractivity contribution in [2.24, 2.45) is 5.92 Å². The summed E-state index contributed by atoms with van der Waals surface area (Å²) in [6.45, 7) is 9.28. The van der Waals surface area contributed by atoms with Crippen LogP contribution in [0.1, 0.15) is 32.3 Å². The first-order valence-corrected chi connectivity index (χ1v) is 7.23. The van der Waals surface area contributed by atoms with Gasteiger partial charge in [0.05, 0.1) is 0 Å². The number of hydrogen-bond donors (Lipinski definition) is 1. The van der Waals surface area contributed by atoms with E-state index in [0.29, 0.717) is 6.04 Å². The predicted octanol–water partition coefficient (Wildman–Crippen LogP) is 2.90. The number of rotatable bonds is 6. The third kappa shape index (κ3) is 4.43. The summed E-state index contributed by atoms with van der Waals surface area (Å²) >= 11 is 0. The van der Waals surface area contributed by atoms with Crippen LogP contribution in [0.5, 0.6) is 0 Å². The molecule has 1 aromatic rings. The van der Waals surface area contributed by atoms with Gasteiger partial charge in [0.25, 0.3) is 0 Å². The van der Waals surface area contributed by atoms with Gasteiger partial charge in [-0.15, -0.1) is 0 Å². The van der Waals surface area contributed by atoms with Gasteiger partial charge in [0.15, 0.2) is 0 Å². The fourth-order valence-corrected chi connectivity index (χ4v) is 2.56. The second-order valence-electron chi connectivity index (χ2n) is 5.84. The predicted molar refractivity (Wildman–Crippen MR) is 77.6 cm³/mol. The van der Waals surface area contributed by atoms with Gasteiger partial charge >= 0.3 is 0 Å². The second-order valence-corrected chi connectivity index (χ2v) is 5.84. The Bertz CT molecular complexity index is 334. The van der Waals surface area contributed by atoms with Crippen molar-refractivity contribution in [1.82, 2.24) is 10.2 Å². The molecule has 1 heterocycles. The van der Waals surface area contributed by atoms with Crippen LogP contribution in [0.25, 0.3) is 0 Å². The molecule has 2 heteroatoms. The van der Waals surface area contributed by atoms with Crippen LogP contribution in [0.15, 0.2) is 30.3 Å². The van der Waals surface area contributed by atoms with Gasteiger partial charge in [-0.3, -0.25) is 4.90 Å². The number of likely N-dealkylation sites (tertiary alicyclic amines) is 1. The highest BCUT2D eigenvalue weighted by Gasteiger charge is 2.21. The number of hydrogen-bond acceptors (Lipinski definition) is 2. The van der Waals surface area contributed by atoms with E-state index in [2.05, 4.69) is 54.4 Å². The summed E-state index contributed by atoms with van der Waals surface area (Å²) in [6.07, 6.45) is 2.58. The molecule has 2 nitrogen and oxygen atoms in total. The summed E-state index contributed by atoms with van der Waals surface area (Å²) in [5.41, 5.74) is 1.43.